The van der Waals surface area contributed by atoms with Crippen LogP contribution in [-0.4, -0.2) is 67.7 Å². The van der Waals surface area contributed by atoms with Crippen LogP contribution in [0.2, 0.25) is 0 Å². The first-order valence-corrected chi connectivity index (χ1v) is 13.2. The van der Waals surface area contributed by atoms with Crippen molar-refractivity contribution in [2.24, 2.45) is 0 Å². The molecule has 14 nitrogen and oxygen atoms in total. The molecule has 0 bridgehead atoms. The fourth-order valence-corrected chi connectivity index (χ4v) is 5.21. The maximum atomic E-state index is 15.1. The topological polar surface area (TPSA) is 193 Å². The minimum absolute atomic E-state index is 0.0266. The molecule has 5 N–H and O–H groups in total. The molecule has 3 heterocycles. The van der Waals surface area contributed by atoms with E-state index in [1.807, 2.05) is 0 Å². The van der Waals surface area contributed by atoms with Crippen LogP contribution in [0.3, 0.4) is 0 Å². The van der Waals surface area contributed by atoms with Gasteiger partial charge in [0, 0.05) is 0 Å². The molecule has 0 saturated carbocycles. The molecule has 16 heteroatoms. The number of nitrogens with two attached hydrogens (primary N) is 1. The average molecular weight is 554 g/mol. The number of aromatic nitrogens is 4. The van der Waals surface area contributed by atoms with Gasteiger partial charge in [-0.15, -0.1) is 0 Å². The van der Waals surface area contributed by atoms with E-state index < -0.39 is 62.6 Å². The Morgan fingerprint density at radius 2 is 2.05 bits per heavy atom. The number of para-hydroxylation sites is 1. The number of rotatable bonds is 10. The van der Waals surface area contributed by atoms with Gasteiger partial charge in [-0.1, -0.05) is 18.2 Å². The van der Waals surface area contributed by atoms with Gasteiger partial charge in [0.25, 0.3) is 5.56 Å². The van der Waals surface area contributed by atoms with E-state index >= 15 is 4.39 Å². The number of aliphatic hydroxyl groups excluding tert-OH is 1. The lowest BCUT2D eigenvalue weighted by atomic mass is 10.1. The summed E-state index contributed by atoms with van der Waals surface area (Å²) in [5.74, 6) is -0.748. The van der Waals surface area contributed by atoms with Crippen LogP contribution in [0.4, 0.5) is 10.3 Å². The number of aliphatic hydroxyl groups is 1. The molecule has 1 aliphatic heterocycles. The summed E-state index contributed by atoms with van der Waals surface area (Å²) in [6.45, 7) is 4.08. The Balaban J connectivity index is 1.52. The van der Waals surface area contributed by atoms with Crippen molar-refractivity contribution in [1.82, 2.24) is 24.6 Å². The number of anilines is 1. The van der Waals surface area contributed by atoms with Gasteiger partial charge in [-0.25, -0.2) is 13.9 Å². The lowest BCUT2D eigenvalue weighted by Gasteiger charge is -2.24. The van der Waals surface area contributed by atoms with E-state index in [4.69, 9.17) is 24.3 Å². The Bertz CT molecular complexity index is 1390. The number of nitrogen functional groups attached to an aromatic ring is 1. The molecule has 1 aromatic carbocycles. The van der Waals surface area contributed by atoms with Crippen molar-refractivity contribution < 1.29 is 37.4 Å². The molecular formula is C22H28FN6O8P. The number of hydrogen-bond donors (Lipinski definition) is 4. The number of fused-ring (bicyclic) bond motifs is 1. The molecule has 6 atom stereocenters. The van der Waals surface area contributed by atoms with E-state index in [2.05, 4.69) is 20.0 Å². The quantitative estimate of drug-likeness (QED) is 0.208. The average Bonchev–Trinajstić information content (AvgIpc) is 3.39. The Labute approximate surface area is 215 Å². The lowest BCUT2D eigenvalue weighted by Crippen LogP contribution is -2.37. The van der Waals surface area contributed by atoms with Crippen molar-refractivity contribution in [3.8, 4) is 5.75 Å². The maximum Gasteiger partial charge on any atom is 0.459 e. The lowest BCUT2D eigenvalue weighted by molar-refractivity contribution is -0.149. The molecular weight excluding hydrogens is 526 g/mol. The second kappa shape index (κ2) is 11.2. The first kappa shape index (κ1) is 27.7. The highest BCUT2D eigenvalue weighted by molar-refractivity contribution is 7.52. The van der Waals surface area contributed by atoms with E-state index in [0.29, 0.717) is 0 Å². The van der Waals surface area contributed by atoms with E-state index in [1.54, 1.807) is 32.0 Å². The Kier molecular flexibility index (Phi) is 8.13. The van der Waals surface area contributed by atoms with Gasteiger partial charge in [0.1, 0.15) is 24.0 Å². The summed E-state index contributed by atoms with van der Waals surface area (Å²) in [6.07, 6.45) is -5.74. The van der Waals surface area contributed by atoms with Gasteiger partial charge in [-0.05, 0) is 32.9 Å². The van der Waals surface area contributed by atoms with Gasteiger partial charge in [-0.2, -0.15) is 10.1 Å². The Morgan fingerprint density at radius 3 is 2.74 bits per heavy atom. The van der Waals surface area contributed by atoms with Crippen LogP contribution in [0, 0.1) is 0 Å². The summed E-state index contributed by atoms with van der Waals surface area (Å²) in [5, 5.41) is 13.0. The highest BCUT2D eigenvalue weighted by atomic mass is 31.2. The van der Waals surface area contributed by atoms with Crippen molar-refractivity contribution in [2.75, 3.05) is 12.3 Å². The van der Waals surface area contributed by atoms with Crippen molar-refractivity contribution >= 4 is 30.8 Å². The molecule has 0 unspecified atom stereocenters. The fraction of sp³-hybridized carbons (Fsp3) is 0.455. The molecule has 3 aromatic rings. The summed E-state index contributed by atoms with van der Waals surface area (Å²) in [7, 11) is -4.30. The van der Waals surface area contributed by atoms with Gasteiger partial charge in [0.15, 0.2) is 23.6 Å². The van der Waals surface area contributed by atoms with Crippen LogP contribution in [0.25, 0.3) is 11.2 Å². The zero-order chi connectivity index (χ0) is 27.6. The van der Waals surface area contributed by atoms with E-state index in [-0.39, 0.29) is 22.9 Å². The highest BCUT2D eigenvalue weighted by Crippen LogP contribution is 2.46. The molecule has 1 saturated heterocycles. The monoisotopic (exact) mass is 554 g/mol. The summed E-state index contributed by atoms with van der Waals surface area (Å²) in [6, 6.07) is 6.91. The third-order valence-corrected chi connectivity index (χ3v) is 7.09. The van der Waals surface area contributed by atoms with Crippen LogP contribution in [-0.2, 0) is 23.4 Å². The van der Waals surface area contributed by atoms with Crippen LogP contribution in [0.5, 0.6) is 5.75 Å². The minimum atomic E-state index is -4.30. The summed E-state index contributed by atoms with van der Waals surface area (Å²) < 4.78 is 51.6. The molecule has 4 rings (SSSR count). The zero-order valence-corrected chi connectivity index (χ0v) is 21.6. The molecule has 0 amide bonds. The van der Waals surface area contributed by atoms with Gasteiger partial charge in [0.05, 0.1) is 19.0 Å². The van der Waals surface area contributed by atoms with Crippen molar-refractivity contribution in [2.45, 2.75) is 57.5 Å². The maximum absolute atomic E-state index is 15.1. The number of esters is 1. The Hall–Kier alpha value is -3.36. The van der Waals surface area contributed by atoms with Gasteiger partial charge in [0.2, 0.25) is 5.95 Å². The number of imidazole rings is 1. The number of carbonyl (C=O) groups excluding carboxylic acids is 1. The normalized spacial score (nSPS) is 23.8. The standard InChI is InChI=1S/C22H28FN6O8P/c1-11(2)35-21(32)12(3)28-38(33,37-13-7-5-4-6-8-13)34-9-14-15(23)17(30)20(36-14)29-10-25-16-18(29)26-22(24)27-19(16)31/h4-8,10-12,14-15,17,20,30H,9H2,1-3H3,(H,28,33)(H3,24,26,27,31)/t12-,14+,15+,17+,20+,38-/m0/s1. The summed E-state index contributed by atoms with van der Waals surface area (Å²) >= 11 is 0. The van der Waals surface area contributed by atoms with Crippen molar-refractivity contribution in [1.29, 1.82) is 0 Å². The van der Waals surface area contributed by atoms with Crippen LogP contribution >= 0.6 is 7.75 Å². The molecule has 38 heavy (non-hydrogen) atoms. The minimum Gasteiger partial charge on any atom is -0.462 e. The summed E-state index contributed by atoms with van der Waals surface area (Å²) in [5.41, 5.74) is 4.86. The molecule has 0 radical (unpaired) electrons. The second-order valence-electron chi connectivity index (χ2n) is 8.81. The SMILES string of the molecule is CC(C)OC(=O)[C@H](C)N[P@](=O)(OC[C@H]1O[C@@H](n2cnc3c(=O)[nH]c(N)nc32)[C@H](O)[C@@H]1F)Oc1ccccc1. The van der Waals surface area contributed by atoms with Gasteiger partial charge < -0.3 is 24.8 Å². The van der Waals surface area contributed by atoms with Gasteiger partial charge >= 0.3 is 13.7 Å². The summed E-state index contributed by atoms with van der Waals surface area (Å²) in [4.78, 5) is 34.6. The van der Waals surface area contributed by atoms with Gasteiger partial charge in [-0.3, -0.25) is 23.7 Å². The number of nitrogens with one attached hydrogen (secondary N) is 2. The number of alkyl halides is 1. The third kappa shape index (κ3) is 6.03. The first-order valence-electron chi connectivity index (χ1n) is 11.6. The predicted molar refractivity (Wildman–Crippen MR) is 132 cm³/mol. The van der Waals surface area contributed by atoms with E-state index in [0.717, 1.165) is 6.33 Å². The van der Waals surface area contributed by atoms with E-state index in [1.165, 1.54) is 23.6 Å². The number of halogens is 1. The second-order valence-corrected chi connectivity index (χ2v) is 10.5. The smallest absolute Gasteiger partial charge is 0.459 e. The zero-order valence-electron chi connectivity index (χ0n) is 20.7. The third-order valence-electron chi connectivity index (χ3n) is 5.45. The number of benzene rings is 1. The first-order chi connectivity index (χ1) is 18.0. The fourth-order valence-electron chi connectivity index (χ4n) is 3.71. The number of aromatic amines is 1. The number of hydrogen-bond acceptors (Lipinski definition) is 11. The largest absolute Gasteiger partial charge is 0.462 e. The number of carbonyl (C=O) groups is 1. The van der Waals surface area contributed by atoms with Crippen LogP contribution < -0.4 is 20.9 Å². The molecule has 2 aromatic heterocycles. The molecule has 1 fully saturated rings. The Morgan fingerprint density at radius 1 is 1.34 bits per heavy atom. The predicted octanol–water partition coefficient (Wildman–Crippen LogP) is 1.43. The number of H-pyrrole nitrogens is 1. The van der Waals surface area contributed by atoms with Crippen molar-refractivity contribution in [3.05, 3.63) is 47.0 Å². The molecule has 206 valence electrons. The van der Waals surface area contributed by atoms with E-state index in [9.17, 15) is 19.3 Å². The number of ether oxygens (including phenoxy) is 2. The molecule has 1 aliphatic rings. The molecule has 0 aliphatic carbocycles. The molecule has 0 spiro atoms. The highest BCUT2D eigenvalue weighted by Gasteiger charge is 2.47. The number of nitrogens with zero attached hydrogens (tertiary/aromatic N) is 3. The van der Waals surface area contributed by atoms with Crippen molar-refractivity contribution in [3.63, 3.8) is 0 Å². The van der Waals surface area contributed by atoms with Crippen LogP contribution in [0.15, 0.2) is 41.5 Å². The van der Waals surface area contributed by atoms with Crippen LogP contribution in [0.1, 0.15) is 27.0 Å².